The van der Waals surface area contributed by atoms with Gasteiger partial charge >= 0.3 is 0 Å². The summed E-state index contributed by atoms with van der Waals surface area (Å²) in [6, 6.07) is 7.21. The predicted molar refractivity (Wildman–Crippen MR) is 55.9 cm³/mol. The summed E-state index contributed by atoms with van der Waals surface area (Å²) in [6.07, 6.45) is 0. The molecule has 0 unspecified atom stereocenters. The zero-order valence-electron chi connectivity index (χ0n) is 6.41. The summed E-state index contributed by atoms with van der Waals surface area (Å²) in [5.74, 6) is 0.227. The van der Waals surface area contributed by atoms with Crippen LogP contribution in [0.5, 0.6) is 5.75 Å². The Morgan fingerprint density at radius 1 is 1.46 bits per heavy atom. The smallest absolute Gasteiger partial charge is 0.133 e. The molecule has 1 N–H and O–H groups in total. The van der Waals surface area contributed by atoms with Crippen molar-refractivity contribution >= 4 is 37.4 Å². The number of phenolic OH excluding ortho intramolecular Hbond substituents is 1. The quantitative estimate of drug-likeness (QED) is 0.784. The van der Waals surface area contributed by atoms with Gasteiger partial charge in [0.1, 0.15) is 16.7 Å². The Balaban J connectivity index is 2.90. The first kappa shape index (κ1) is 8.54. The summed E-state index contributed by atoms with van der Waals surface area (Å²) in [4.78, 5) is 0.609. The summed E-state index contributed by atoms with van der Waals surface area (Å²) in [6.45, 7) is 0. The molecule has 0 aliphatic carbocycles. The third kappa shape index (κ3) is 1.30. The molecule has 2 aromatic rings. The lowest BCUT2D eigenvalue weighted by Gasteiger charge is -1.95. The molecule has 0 bridgehead atoms. The molecule has 0 saturated heterocycles. The Labute approximate surface area is 87.2 Å². The molecule has 1 aromatic carbocycles. The molecular weight excluding hydrogens is 250 g/mol. The highest BCUT2D eigenvalue weighted by Gasteiger charge is 2.07. The fourth-order valence-electron chi connectivity index (χ4n) is 1.13. The van der Waals surface area contributed by atoms with Crippen LogP contribution in [0.25, 0.3) is 10.1 Å². The van der Waals surface area contributed by atoms with E-state index in [4.69, 9.17) is 5.26 Å². The lowest BCUT2D eigenvalue weighted by atomic mass is 10.2. The highest BCUT2D eigenvalue weighted by atomic mass is 79.9. The zero-order chi connectivity index (χ0) is 9.42. The van der Waals surface area contributed by atoms with Gasteiger partial charge in [-0.2, -0.15) is 5.26 Å². The van der Waals surface area contributed by atoms with E-state index in [2.05, 4.69) is 22.0 Å². The van der Waals surface area contributed by atoms with E-state index in [9.17, 15) is 5.11 Å². The number of halogens is 1. The van der Waals surface area contributed by atoms with Crippen LogP contribution in [0.4, 0.5) is 0 Å². The van der Waals surface area contributed by atoms with Gasteiger partial charge in [0, 0.05) is 9.86 Å². The predicted octanol–water partition coefficient (Wildman–Crippen LogP) is 3.24. The van der Waals surface area contributed by atoms with Crippen molar-refractivity contribution in [3.05, 3.63) is 27.5 Å². The third-order valence-electron chi connectivity index (χ3n) is 1.72. The van der Waals surface area contributed by atoms with Gasteiger partial charge in [-0.05, 0) is 18.2 Å². The Morgan fingerprint density at radius 3 is 2.85 bits per heavy atom. The van der Waals surface area contributed by atoms with Crippen LogP contribution in [0.2, 0.25) is 0 Å². The SMILES string of the molecule is N#Cc1cc2c(Br)ccc(O)c2s1. The van der Waals surface area contributed by atoms with Crippen LogP contribution in [0.15, 0.2) is 22.7 Å². The Bertz CT molecular complexity index is 473. The molecule has 0 saturated carbocycles. The van der Waals surface area contributed by atoms with Gasteiger partial charge in [-0.25, -0.2) is 0 Å². The zero-order valence-corrected chi connectivity index (χ0v) is 8.82. The minimum Gasteiger partial charge on any atom is -0.506 e. The first-order chi connectivity index (χ1) is 6.22. The molecule has 4 heteroatoms. The van der Waals surface area contributed by atoms with Gasteiger partial charge in [0.05, 0.1) is 4.70 Å². The Morgan fingerprint density at radius 2 is 2.23 bits per heavy atom. The number of benzene rings is 1. The van der Waals surface area contributed by atoms with E-state index in [0.717, 1.165) is 14.6 Å². The van der Waals surface area contributed by atoms with E-state index in [0.29, 0.717) is 4.88 Å². The molecule has 0 amide bonds. The van der Waals surface area contributed by atoms with Gasteiger partial charge in [0.15, 0.2) is 0 Å². The molecule has 0 aliphatic heterocycles. The number of hydrogen-bond donors (Lipinski definition) is 1. The molecule has 0 radical (unpaired) electrons. The van der Waals surface area contributed by atoms with Gasteiger partial charge < -0.3 is 5.11 Å². The fraction of sp³-hybridized carbons (Fsp3) is 0. The number of phenols is 1. The van der Waals surface area contributed by atoms with Crippen molar-refractivity contribution in [2.75, 3.05) is 0 Å². The molecule has 1 heterocycles. The largest absolute Gasteiger partial charge is 0.506 e. The van der Waals surface area contributed by atoms with Gasteiger partial charge in [-0.15, -0.1) is 11.3 Å². The van der Waals surface area contributed by atoms with Crippen molar-refractivity contribution in [1.29, 1.82) is 5.26 Å². The maximum atomic E-state index is 9.48. The first-order valence-electron chi connectivity index (χ1n) is 3.53. The van der Waals surface area contributed by atoms with Gasteiger partial charge in [-0.3, -0.25) is 0 Å². The summed E-state index contributed by atoms with van der Waals surface area (Å²) in [7, 11) is 0. The van der Waals surface area contributed by atoms with E-state index in [1.807, 2.05) is 0 Å². The van der Waals surface area contributed by atoms with Gasteiger partial charge in [-0.1, -0.05) is 15.9 Å². The average molecular weight is 254 g/mol. The van der Waals surface area contributed by atoms with Crippen molar-refractivity contribution in [3.63, 3.8) is 0 Å². The minimum atomic E-state index is 0.227. The first-order valence-corrected chi connectivity index (χ1v) is 5.14. The number of thiophene rings is 1. The second-order valence-corrected chi connectivity index (χ2v) is 4.44. The van der Waals surface area contributed by atoms with Crippen molar-refractivity contribution in [2.45, 2.75) is 0 Å². The molecule has 0 atom stereocenters. The maximum absolute atomic E-state index is 9.48. The number of rotatable bonds is 0. The molecule has 13 heavy (non-hydrogen) atoms. The molecular formula is C9H4BrNOS. The van der Waals surface area contributed by atoms with Crippen LogP contribution in [0, 0.1) is 11.3 Å². The normalized spacial score (nSPS) is 10.2. The lowest BCUT2D eigenvalue weighted by molar-refractivity contribution is 0.482. The number of nitrogens with zero attached hydrogens (tertiary/aromatic N) is 1. The highest BCUT2D eigenvalue weighted by Crippen LogP contribution is 2.36. The minimum absolute atomic E-state index is 0.227. The van der Waals surface area contributed by atoms with Gasteiger partial charge in [0.2, 0.25) is 0 Å². The molecule has 64 valence electrons. The number of nitriles is 1. The van der Waals surface area contributed by atoms with Crippen LogP contribution in [-0.2, 0) is 0 Å². The van der Waals surface area contributed by atoms with E-state index >= 15 is 0 Å². The highest BCUT2D eigenvalue weighted by molar-refractivity contribution is 9.10. The van der Waals surface area contributed by atoms with Crippen molar-refractivity contribution in [2.24, 2.45) is 0 Å². The monoisotopic (exact) mass is 253 g/mol. The fourth-order valence-corrected chi connectivity index (χ4v) is 2.60. The second-order valence-electron chi connectivity index (χ2n) is 2.53. The third-order valence-corrected chi connectivity index (χ3v) is 3.47. The summed E-state index contributed by atoms with van der Waals surface area (Å²) in [5, 5.41) is 19.1. The van der Waals surface area contributed by atoms with Crippen molar-refractivity contribution in [1.82, 2.24) is 0 Å². The summed E-state index contributed by atoms with van der Waals surface area (Å²) < 4.78 is 1.66. The number of hydrogen-bond acceptors (Lipinski definition) is 3. The van der Waals surface area contributed by atoms with Gasteiger partial charge in [0.25, 0.3) is 0 Å². The number of fused-ring (bicyclic) bond motifs is 1. The molecule has 0 fully saturated rings. The van der Waals surface area contributed by atoms with Crippen LogP contribution in [0.3, 0.4) is 0 Å². The van der Waals surface area contributed by atoms with Crippen molar-refractivity contribution < 1.29 is 5.11 Å². The molecule has 2 rings (SSSR count). The standard InChI is InChI=1S/C9H4BrNOS/c10-7-1-2-8(12)9-6(7)3-5(4-11)13-9/h1-3,12H. The van der Waals surface area contributed by atoms with E-state index in [1.54, 1.807) is 18.2 Å². The molecule has 2 nitrogen and oxygen atoms in total. The molecule has 0 spiro atoms. The van der Waals surface area contributed by atoms with Crippen LogP contribution in [0.1, 0.15) is 4.88 Å². The Hall–Kier alpha value is -1.05. The second kappa shape index (κ2) is 3.02. The molecule has 1 aromatic heterocycles. The van der Waals surface area contributed by atoms with Crippen LogP contribution >= 0.6 is 27.3 Å². The van der Waals surface area contributed by atoms with Crippen LogP contribution in [-0.4, -0.2) is 5.11 Å². The van der Waals surface area contributed by atoms with Crippen LogP contribution < -0.4 is 0 Å². The Kier molecular flexibility index (Phi) is 1.98. The topological polar surface area (TPSA) is 44.0 Å². The summed E-state index contributed by atoms with van der Waals surface area (Å²) >= 11 is 4.66. The lowest BCUT2D eigenvalue weighted by Crippen LogP contribution is -1.67. The number of aromatic hydroxyl groups is 1. The maximum Gasteiger partial charge on any atom is 0.133 e. The van der Waals surface area contributed by atoms with E-state index in [-0.39, 0.29) is 5.75 Å². The van der Waals surface area contributed by atoms with E-state index in [1.165, 1.54) is 11.3 Å². The summed E-state index contributed by atoms with van der Waals surface area (Å²) in [5.41, 5.74) is 0. The van der Waals surface area contributed by atoms with Crippen molar-refractivity contribution in [3.8, 4) is 11.8 Å². The average Bonchev–Trinajstić information content (AvgIpc) is 2.56. The van der Waals surface area contributed by atoms with E-state index < -0.39 is 0 Å². The molecule has 0 aliphatic rings.